The highest BCUT2D eigenvalue weighted by Crippen LogP contribution is 2.26. The molecule has 1 aromatic heterocycles. The molecule has 0 radical (unpaired) electrons. The van der Waals surface area contributed by atoms with E-state index in [2.05, 4.69) is 21.7 Å². The molecule has 1 aliphatic rings. The van der Waals surface area contributed by atoms with E-state index in [0.29, 0.717) is 5.92 Å². The van der Waals surface area contributed by atoms with Gasteiger partial charge in [-0.3, -0.25) is 0 Å². The third-order valence-electron chi connectivity index (χ3n) is 3.29. The molecular formula is C13H15N3O. The Morgan fingerprint density at radius 1 is 1.35 bits per heavy atom. The first-order chi connectivity index (χ1) is 8.24. The van der Waals surface area contributed by atoms with Gasteiger partial charge in [0.1, 0.15) is 11.6 Å². The number of phenols is 1. The van der Waals surface area contributed by atoms with Crippen LogP contribution in [0.4, 0.5) is 0 Å². The zero-order chi connectivity index (χ0) is 11.8. The Morgan fingerprint density at radius 2 is 2.24 bits per heavy atom. The fourth-order valence-electron chi connectivity index (χ4n) is 2.35. The second-order valence-electron chi connectivity index (χ2n) is 4.74. The van der Waals surface area contributed by atoms with Gasteiger partial charge in [0.05, 0.1) is 0 Å². The lowest BCUT2D eigenvalue weighted by molar-refractivity contribution is 0.396. The molecule has 0 spiro atoms. The van der Waals surface area contributed by atoms with E-state index in [1.165, 1.54) is 6.42 Å². The molecule has 0 amide bonds. The quantitative estimate of drug-likeness (QED) is 0.815. The third kappa shape index (κ3) is 1.79. The van der Waals surface area contributed by atoms with Crippen molar-refractivity contribution in [2.75, 3.05) is 0 Å². The second-order valence-corrected chi connectivity index (χ2v) is 4.74. The first-order valence-corrected chi connectivity index (χ1v) is 5.95. The molecule has 4 nitrogen and oxygen atoms in total. The van der Waals surface area contributed by atoms with Crippen LogP contribution in [0, 0.1) is 5.92 Å². The zero-order valence-corrected chi connectivity index (χ0v) is 9.80. The summed E-state index contributed by atoms with van der Waals surface area (Å²) in [4.78, 5) is 0. The van der Waals surface area contributed by atoms with E-state index in [4.69, 9.17) is 0 Å². The molecule has 2 heterocycles. The number of aryl methyl sites for hydroxylation is 1. The van der Waals surface area contributed by atoms with Gasteiger partial charge >= 0.3 is 0 Å². The highest BCUT2D eigenvalue weighted by atomic mass is 16.3. The number of aromatic nitrogens is 3. The molecule has 0 bridgehead atoms. The van der Waals surface area contributed by atoms with E-state index in [-0.39, 0.29) is 5.75 Å². The van der Waals surface area contributed by atoms with Gasteiger partial charge in [-0.05, 0) is 24.5 Å². The first kappa shape index (κ1) is 10.3. The van der Waals surface area contributed by atoms with Crippen molar-refractivity contribution >= 4 is 0 Å². The first-order valence-electron chi connectivity index (χ1n) is 5.95. The normalized spacial score (nSPS) is 19.0. The summed E-state index contributed by atoms with van der Waals surface area (Å²) in [6.45, 7) is 3.21. The van der Waals surface area contributed by atoms with Gasteiger partial charge in [-0.1, -0.05) is 19.1 Å². The molecule has 1 aromatic carbocycles. The average molecular weight is 229 g/mol. The summed E-state index contributed by atoms with van der Waals surface area (Å²) in [6.07, 6.45) is 2.17. The Labute approximate surface area is 99.9 Å². The smallest absolute Gasteiger partial charge is 0.164 e. The Bertz CT molecular complexity index is 547. The molecule has 1 N–H and O–H groups in total. The summed E-state index contributed by atoms with van der Waals surface area (Å²) in [7, 11) is 0. The van der Waals surface area contributed by atoms with Crippen LogP contribution in [0.1, 0.15) is 19.2 Å². The van der Waals surface area contributed by atoms with Crippen molar-refractivity contribution in [3.8, 4) is 17.1 Å². The number of benzene rings is 1. The van der Waals surface area contributed by atoms with E-state index in [1.54, 1.807) is 12.1 Å². The van der Waals surface area contributed by atoms with Crippen LogP contribution in [0.5, 0.6) is 5.75 Å². The molecule has 1 unspecified atom stereocenters. The average Bonchev–Trinajstić information content (AvgIpc) is 2.71. The van der Waals surface area contributed by atoms with Crippen LogP contribution in [-0.2, 0) is 13.0 Å². The van der Waals surface area contributed by atoms with Crippen LogP contribution in [0.15, 0.2) is 24.3 Å². The van der Waals surface area contributed by atoms with E-state index < -0.39 is 0 Å². The standard InChI is InChI=1S/C13H15N3O/c1-9-5-6-12-14-15-13(16(12)8-9)10-3-2-4-11(17)7-10/h2-4,7,9,17H,5-6,8H2,1H3. The summed E-state index contributed by atoms with van der Waals surface area (Å²) in [5, 5.41) is 18.0. The van der Waals surface area contributed by atoms with Crippen molar-refractivity contribution < 1.29 is 5.11 Å². The van der Waals surface area contributed by atoms with Gasteiger partial charge in [-0.25, -0.2) is 0 Å². The molecule has 1 atom stereocenters. The predicted molar refractivity (Wildman–Crippen MR) is 64.6 cm³/mol. The maximum Gasteiger partial charge on any atom is 0.164 e. The van der Waals surface area contributed by atoms with E-state index in [0.717, 1.165) is 30.2 Å². The SMILES string of the molecule is CC1CCc2nnc(-c3cccc(O)c3)n2C1. The van der Waals surface area contributed by atoms with Gasteiger partial charge in [-0.15, -0.1) is 10.2 Å². The van der Waals surface area contributed by atoms with Crippen LogP contribution < -0.4 is 0 Å². The number of rotatable bonds is 1. The van der Waals surface area contributed by atoms with Crippen molar-refractivity contribution in [1.29, 1.82) is 0 Å². The maximum atomic E-state index is 9.51. The van der Waals surface area contributed by atoms with Gasteiger partial charge in [0.2, 0.25) is 0 Å². The lowest BCUT2D eigenvalue weighted by Gasteiger charge is -2.20. The number of nitrogens with zero attached hydrogens (tertiary/aromatic N) is 3. The van der Waals surface area contributed by atoms with Crippen LogP contribution in [0.3, 0.4) is 0 Å². The van der Waals surface area contributed by atoms with Crippen molar-refractivity contribution in [2.45, 2.75) is 26.3 Å². The Balaban J connectivity index is 2.07. The lowest BCUT2D eigenvalue weighted by Crippen LogP contribution is -2.18. The Kier molecular flexibility index (Phi) is 2.35. The zero-order valence-electron chi connectivity index (χ0n) is 9.80. The molecule has 0 aliphatic carbocycles. The van der Waals surface area contributed by atoms with Crippen molar-refractivity contribution in [1.82, 2.24) is 14.8 Å². The van der Waals surface area contributed by atoms with Crippen LogP contribution in [0.2, 0.25) is 0 Å². The molecule has 4 heteroatoms. The van der Waals surface area contributed by atoms with Crippen LogP contribution in [-0.4, -0.2) is 19.9 Å². The van der Waals surface area contributed by atoms with E-state index in [9.17, 15) is 5.11 Å². The summed E-state index contributed by atoms with van der Waals surface area (Å²) in [6, 6.07) is 7.19. The van der Waals surface area contributed by atoms with Gasteiger partial charge in [-0.2, -0.15) is 0 Å². The van der Waals surface area contributed by atoms with Crippen LogP contribution in [0.25, 0.3) is 11.4 Å². The van der Waals surface area contributed by atoms with Gasteiger partial charge in [0.15, 0.2) is 5.82 Å². The molecule has 0 saturated carbocycles. The molecule has 88 valence electrons. The van der Waals surface area contributed by atoms with Crippen molar-refractivity contribution in [2.24, 2.45) is 5.92 Å². The Morgan fingerprint density at radius 3 is 3.06 bits per heavy atom. The molecule has 17 heavy (non-hydrogen) atoms. The lowest BCUT2D eigenvalue weighted by atomic mass is 10.0. The number of hydrogen-bond acceptors (Lipinski definition) is 3. The summed E-state index contributed by atoms with van der Waals surface area (Å²) < 4.78 is 2.17. The molecule has 0 fully saturated rings. The number of fused-ring (bicyclic) bond motifs is 1. The minimum atomic E-state index is 0.267. The fraction of sp³-hybridized carbons (Fsp3) is 0.385. The summed E-state index contributed by atoms with van der Waals surface area (Å²) in [5.41, 5.74) is 0.929. The maximum absolute atomic E-state index is 9.51. The summed E-state index contributed by atoms with van der Waals surface area (Å²) in [5.74, 6) is 2.85. The second kappa shape index (κ2) is 3.87. The fourth-order valence-corrected chi connectivity index (χ4v) is 2.35. The topological polar surface area (TPSA) is 50.9 Å². The van der Waals surface area contributed by atoms with E-state index >= 15 is 0 Å². The van der Waals surface area contributed by atoms with Gasteiger partial charge in [0, 0.05) is 18.5 Å². The Hall–Kier alpha value is -1.84. The third-order valence-corrected chi connectivity index (χ3v) is 3.29. The minimum absolute atomic E-state index is 0.267. The van der Waals surface area contributed by atoms with Crippen molar-refractivity contribution in [3.63, 3.8) is 0 Å². The number of aromatic hydroxyl groups is 1. The largest absolute Gasteiger partial charge is 0.508 e. The van der Waals surface area contributed by atoms with Gasteiger partial charge < -0.3 is 9.67 Å². The predicted octanol–water partition coefficient (Wildman–Crippen LogP) is 2.23. The summed E-state index contributed by atoms with van der Waals surface area (Å²) >= 11 is 0. The molecule has 2 aromatic rings. The molecule has 0 saturated heterocycles. The monoisotopic (exact) mass is 229 g/mol. The van der Waals surface area contributed by atoms with Crippen molar-refractivity contribution in [3.05, 3.63) is 30.1 Å². The molecular weight excluding hydrogens is 214 g/mol. The molecule has 1 aliphatic heterocycles. The minimum Gasteiger partial charge on any atom is -0.508 e. The molecule has 3 rings (SSSR count). The highest BCUT2D eigenvalue weighted by molar-refractivity contribution is 5.57. The van der Waals surface area contributed by atoms with Gasteiger partial charge in [0.25, 0.3) is 0 Å². The van der Waals surface area contributed by atoms with E-state index in [1.807, 2.05) is 12.1 Å². The highest BCUT2D eigenvalue weighted by Gasteiger charge is 2.20. The van der Waals surface area contributed by atoms with Crippen LogP contribution >= 0.6 is 0 Å². The number of hydrogen-bond donors (Lipinski definition) is 1. The number of phenolic OH excluding ortho intramolecular Hbond substituents is 1.